The number of likely N-dealkylation sites (N-methyl/N-ethyl adjacent to an activating group) is 1. The fourth-order valence-electron chi connectivity index (χ4n) is 4.12. The van der Waals surface area contributed by atoms with Crippen LogP contribution in [0.4, 0.5) is 5.69 Å². The number of hydrogen-bond acceptors (Lipinski definition) is 4. The predicted molar refractivity (Wildman–Crippen MR) is 126 cm³/mol. The quantitative estimate of drug-likeness (QED) is 0.406. The molecule has 0 aromatic carbocycles. The number of pyridine rings is 1. The Morgan fingerprint density at radius 1 is 1.33 bits per heavy atom. The van der Waals surface area contributed by atoms with E-state index in [1.807, 2.05) is 30.6 Å². The predicted octanol–water partition coefficient (Wildman–Crippen LogP) is 5.55. The smallest absolute Gasteiger partial charge is 0.0703 e. The van der Waals surface area contributed by atoms with Crippen LogP contribution in [0, 0.1) is 17.2 Å². The summed E-state index contributed by atoms with van der Waals surface area (Å²) in [6.07, 6.45) is 18.9. The topological polar surface area (TPSA) is 43.2 Å². The summed E-state index contributed by atoms with van der Waals surface area (Å²) in [5.74, 6) is 0.487. The Morgan fingerprint density at radius 2 is 2.13 bits per heavy atom. The standard InChI is InChI=1S/C25H31ClN4/c1-20(21-12-17-30(18-13-21)16-5-3-4-14-27)24-11-15-28-19-25(24)29(2)23-8-6-7-22(26)9-10-23/h6-11,15,19,21-22H,1,3-5,12-13,16-18H2,2H3. The first-order chi connectivity index (χ1) is 14.6. The minimum absolute atomic E-state index is 0.0828. The molecule has 0 bridgehead atoms. The summed E-state index contributed by atoms with van der Waals surface area (Å²) >= 11 is 6.21. The van der Waals surface area contributed by atoms with E-state index in [9.17, 15) is 0 Å². The average molecular weight is 423 g/mol. The van der Waals surface area contributed by atoms with Crippen LogP contribution in [0.2, 0.25) is 0 Å². The van der Waals surface area contributed by atoms with E-state index >= 15 is 0 Å². The van der Waals surface area contributed by atoms with Crippen LogP contribution in [-0.2, 0) is 0 Å². The fraction of sp³-hybridized carbons (Fsp3) is 0.440. The molecule has 1 fully saturated rings. The lowest BCUT2D eigenvalue weighted by atomic mass is 9.85. The van der Waals surface area contributed by atoms with Crippen LogP contribution in [0.25, 0.3) is 5.57 Å². The normalized spacial score (nSPS) is 19.8. The van der Waals surface area contributed by atoms with Crippen molar-refractivity contribution in [1.29, 1.82) is 5.26 Å². The van der Waals surface area contributed by atoms with E-state index in [0.717, 1.165) is 56.7 Å². The number of halogens is 1. The zero-order valence-corrected chi connectivity index (χ0v) is 18.6. The molecule has 1 saturated heterocycles. The second kappa shape index (κ2) is 11.2. The number of nitriles is 1. The lowest BCUT2D eigenvalue weighted by Crippen LogP contribution is -2.34. The highest BCUT2D eigenvalue weighted by Crippen LogP contribution is 2.36. The second-order valence-electron chi connectivity index (χ2n) is 7.99. The van der Waals surface area contributed by atoms with Crippen LogP contribution in [0.5, 0.6) is 0 Å². The Morgan fingerprint density at radius 3 is 2.90 bits per heavy atom. The van der Waals surface area contributed by atoms with Gasteiger partial charge in [-0.2, -0.15) is 5.26 Å². The van der Waals surface area contributed by atoms with Gasteiger partial charge in [0.1, 0.15) is 0 Å². The summed E-state index contributed by atoms with van der Waals surface area (Å²) in [5, 5.41) is 8.60. The van der Waals surface area contributed by atoms with Crippen molar-refractivity contribution in [3.63, 3.8) is 0 Å². The van der Waals surface area contributed by atoms with Crippen LogP contribution in [-0.4, -0.2) is 41.9 Å². The van der Waals surface area contributed by atoms with Crippen LogP contribution in [0.1, 0.15) is 37.7 Å². The summed E-state index contributed by atoms with van der Waals surface area (Å²) in [6, 6.07) is 4.32. The highest BCUT2D eigenvalue weighted by Gasteiger charge is 2.24. The first-order valence-corrected chi connectivity index (χ1v) is 11.2. The summed E-state index contributed by atoms with van der Waals surface area (Å²) < 4.78 is 0. The number of nitrogens with zero attached hydrogens (tertiary/aromatic N) is 4. The van der Waals surface area contributed by atoms with Crippen LogP contribution in [0.3, 0.4) is 0 Å². The van der Waals surface area contributed by atoms with E-state index in [0.29, 0.717) is 12.3 Å². The lowest BCUT2D eigenvalue weighted by molar-refractivity contribution is 0.203. The molecular formula is C25H31ClN4. The van der Waals surface area contributed by atoms with Gasteiger partial charge in [-0.05, 0) is 75.0 Å². The van der Waals surface area contributed by atoms with Gasteiger partial charge >= 0.3 is 0 Å². The van der Waals surface area contributed by atoms with Crippen molar-refractivity contribution >= 4 is 22.9 Å². The van der Waals surface area contributed by atoms with Gasteiger partial charge in [0.25, 0.3) is 0 Å². The molecule has 4 nitrogen and oxygen atoms in total. The molecule has 0 radical (unpaired) electrons. The minimum Gasteiger partial charge on any atom is -0.343 e. The van der Waals surface area contributed by atoms with Crippen molar-refractivity contribution < 1.29 is 0 Å². The van der Waals surface area contributed by atoms with Gasteiger partial charge in [-0.15, -0.1) is 11.6 Å². The molecule has 0 spiro atoms. The van der Waals surface area contributed by atoms with Gasteiger partial charge in [0.2, 0.25) is 0 Å². The monoisotopic (exact) mass is 422 g/mol. The minimum atomic E-state index is -0.0828. The summed E-state index contributed by atoms with van der Waals surface area (Å²) in [7, 11) is 2.07. The molecule has 0 N–H and O–H groups in total. The molecule has 1 aliphatic carbocycles. The molecule has 5 heteroatoms. The first kappa shape index (κ1) is 22.3. The molecule has 1 aromatic rings. The highest BCUT2D eigenvalue weighted by atomic mass is 35.5. The summed E-state index contributed by atoms with van der Waals surface area (Å²) in [4.78, 5) is 9.06. The number of likely N-dealkylation sites (tertiary alicyclic amines) is 1. The number of aromatic nitrogens is 1. The average Bonchev–Trinajstić information content (AvgIpc) is 3.00. The number of alkyl halides is 1. The van der Waals surface area contributed by atoms with Gasteiger partial charge in [-0.25, -0.2) is 0 Å². The van der Waals surface area contributed by atoms with Crippen molar-refractivity contribution in [2.75, 3.05) is 31.6 Å². The highest BCUT2D eigenvalue weighted by molar-refractivity contribution is 6.23. The molecule has 2 heterocycles. The largest absolute Gasteiger partial charge is 0.343 e. The molecule has 1 atom stereocenters. The van der Waals surface area contributed by atoms with Crippen molar-refractivity contribution in [3.05, 3.63) is 66.7 Å². The molecule has 30 heavy (non-hydrogen) atoms. The second-order valence-corrected chi connectivity index (χ2v) is 8.49. The van der Waals surface area contributed by atoms with E-state index in [-0.39, 0.29) is 5.38 Å². The van der Waals surface area contributed by atoms with Crippen molar-refractivity contribution in [1.82, 2.24) is 9.88 Å². The summed E-state index contributed by atoms with van der Waals surface area (Å²) in [6.45, 7) is 7.79. The van der Waals surface area contributed by atoms with Gasteiger partial charge in [0.15, 0.2) is 0 Å². The molecule has 0 saturated carbocycles. The van der Waals surface area contributed by atoms with E-state index in [1.54, 1.807) is 0 Å². The van der Waals surface area contributed by atoms with Gasteiger partial charge < -0.3 is 9.80 Å². The Hall–Kier alpha value is -2.35. The van der Waals surface area contributed by atoms with Gasteiger partial charge in [0, 0.05) is 30.9 Å². The van der Waals surface area contributed by atoms with Crippen LogP contribution in [0.15, 0.2) is 61.1 Å². The van der Waals surface area contributed by atoms with Gasteiger partial charge in [0.05, 0.1) is 23.3 Å². The van der Waals surface area contributed by atoms with Crippen LogP contribution >= 0.6 is 11.6 Å². The van der Waals surface area contributed by atoms with Gasteiger partial charge in [-0.3, -0.25) is 4.98 Å². The molecular weight excluding hydrogens is 392 g/mol. The maximum Gasteiger partial charge on any atom is 0.0703 e. The summed E-state index contributed by atoms with van der Waals surface area (Å²) in [5.41, 5.74) is 4.51. The zero-order chi connectivity index (χ0) is 21.3. The number of rotatable bonds is 8. The maximum absolute atomic E-state index is 8.68. The van der Waals surface area contributed by atoms with Crippen LogP contribution < -0.4 is 4.90 Å². The third kappa shape index (κ3) is 5.84. The Bertz CT molecular complexity index is 856. The lowest BCUT2D eigenvalue weighted by Gasteiger charge is -2.34. The zero-order valence-electron chi connectivity index (χ0n) is 17.8. The molecule has 1 unspecified atom stereocenters. The fourth-order valence-corrected chi connectivity index (χ4v) is 4.28. The third-order valence-electron chi connectivity index (χ3n) is 6.00. The number of anilines is 1. The molecule has 1 aromatic heterocycles. The number of piperidine rings is 1. The SMILES string of the molecule is C=C(c1ccncc1N(C)C1=CC=CC(Cl)C=C1)C1CCN(CCCCC#N)CC1. The van der Waals surface area contributed by atoms with E-state index in [4.69, 9.17) is 16.9 Å². The molecule has 2 aliphatic rings. The van der Waals surface area contributed by atoms with E-state index in [2.05, 4.69) is 52.7 Å². The van der Waals surface area contributed by atoms with Crippen molar-refractivity contribution in [2.45, 2.75) is 37.5 Å². The molecule has 158 valence electrons. The third-order valence-corrected chi connectivity index (χ3v) is 6.29. The Kier molecular flexibility index (Phi) is 8.30. The Labute approximate surface area is 185 Å². The Balaban J connectivity index is 1.65. The first-order valence-electron chi connectivity index (χ1n) is 10.8. The molecule has 1 aliphatic heterocycles. The van der Waals surface area contributed by atoms with Crippen molar-refractivity contribution in [3.8, 4) is 6.07 Å². The number of allylic oxidation sites excluding steroid dienone is 6. The van der Waals surface area contributed by atoms with Gasteiger partial charge in [-0.1, -0.05) is 24.8 Å². The molecule has 0 amide bonds. The van der Waals surface area contributed by atoms with E-state index in [1.165, 1.54) is 11.1 Å². The number of hydrogen-bond donors (Lipinski definition) is 0. The van der Waals surface area contributed by atoms with Crippen molar-refractivity contribution in [2.24, 2.45) is 5.92 Å². The maximum atomic E-state index is 8.68. The molecule has 3 rings (SSSR count). The van der Waals surface area contributed by atoms with E-state index < -0.39 is 0 Å². The number of unbranched alkanes of at least 4 members (excludes halogenated alkanes) is 2.